The molecule has 7 N–H and O–H groups in total. The van der Waals surface area contributed by atoms with Crippen LogP contribution in [0.2, 0.25) is 0 Å². The molecule has 0 spiro atoms. The summed E-state index contributed by atoms with van der Waals surface area (Å²) in [6, 6.07) is 0. The summed E-state index contributed by atoms with van der Waals surface area (Å²) in [7, 11) is 0. The number of hydrogen-bond donors (Lipinski definition) is 1. The van der Waals surface area contributed by atoms with Crippen LogP contribution < -0.4 is 0 Å². The first-order chi connectivity index (χ1) is 8.70. The second kappa shape index (κ2) is 113. The van der Waals surface area contributed by atoms with Crippen molar-refractivity contribution in [3.05, 3.63) is 0 Å². The van der Waals surface area contributed by atoms with Crippen LogP contribution in [0.5, 0.6) is 0 Å². The molecule has 172 valence electrons. The van der Waals surface area contributed by atoms with Crippen LogP contribution in [0.15, 0.2) is 0 Å². The largest absolute Gasteiger partial charge is 0.589 e. The molecule has 0 atom stereocenters. The predicted octanol–water partition coefficient (Wildman–Crippen LogP) is 2.82. The van der Waals surface area contributed by atoms with Gasteiger partial charge in [0.25, 0.3) is 0 Å². The Balaban J connectivity index is -0.0000000109. The van der Waals surface area contributed by atoms with Gasteiger partial charge < -0.3 is 26.1 Å². The Labute approximate surface area is 214 Å². The summed E-state index contributed by atoms with van der Waals surface area (Å²) in [5.74, 6) is 0. The maximum atomic E-state index is 10.1. The first kappa shape index (κ1) is 93.0. The summed E-state index contributed by atoms with van der Waals surface area (Å²) < 4.78 is 0. The average molecular weight is 567 g/mol. The molecule has 0 heterocycles. The van der Waals surface area contributed by atoms with E-state index in [1.165, 1.54) is 0 Å². The summed E-state index contributed by atoms with van der Waals surface area (Å²) in [4.78, 5) is 45.5. The Morgan fingerprint density at radius 2 is 0.926 bits per heavy atom. The SMILES string of the molecule is C.C.C.C.CC.CC.CC.O.O.O.O=[C-]OOC(=O)OOC(=O)OO.[Y].[Y]. The van der Waals surface area contributed by atoms with Crippen molar-refractivity contribution in [3.8, 4) is 0 Å². The van der Waals surface area contributed by atoms with Crippen LogP contribution in [-0.4, -0.2) is 40.5 Å². The smallest absolute Gasteiger partial charge is 0.494 e. The van der Waals surface area contributed by atoms with Crippen molar-refractivity contribution >= 4 is 18.8 Å². The van der Waals surface area contributed by atoms with E-state index >= 15 is 0 Å². The standard InChI is InChI=1S/C3HO9.3C2H6.4CH4.3H2O.2Y/c4-1-8-10-3(6)12-11-2(5)9-7;3*1-2;;;;;;;;;/h7H;3*1-2H3;4*1H4;3*1H2;;/q-1;;;;;;;;;;;;. The normalized spacial score (nSPS) is 4.11. The van der Waals surface area contributed by atoms with E-state index in [-0.39, 0.29) is 112 Å². The molecule has 0 aliphatic heterocycles. The first-order valence-corrected chi connectivity index (χ1v) is 5.15. The molecule has 0 fully saturated rings. The fraction of sp³-hybridized carbons (Fsp3) is 0.769. The topological polar surface area (TPSA) is 212 Å². The molecule has 0 aromatic heterocycles. The van der Waals surface area contributed by atoms with Gasteiger partial charge in [-0.25, -0.2) is 4.89 Å². The number of rotatable bonds is 2. The van der Waals surface area contributed by atoms with E-state index in [4.69, 9.17) is 5.26 Å². The number of carbonyl (C=O) groups is 2. The van der Waals surface area contributed by atoms with Gasteiger partial charge in [0.2, 0.25) is 0 Å². The van der Waals surface area contributed by atoms with Gasteiger partial charge in [0.05, 0.1) is 0 Å². The van der Waals surface area contributed by atoms with Crippen LogP contribution in [-0.2, 0) is 94.7 Å². The van der Waals surface area contributed by atoms with E-state index in [0.29, 0.717) is 6.47 Å². The fourth-order valence-corrected chi connectivity index (χ4v) is 0.148. The van der Waals surface area contributed by atoms with Crippen LogP contribution in [0.25, 0.3) is 0 Å². The molecular formula is C13H41O12Y2-. The van der Waals surface area contributed by atoms with Crippen molar-refractivity contribution in [2.24, 2.45) is 0 Å². The number of carbonyl (C=O) groups excluding carboxylic acids is 3. The van der Waals surface area contributed by atoms with Gasteiger partial charge in [-0.1, -0.05) is 71.2 Å². The van der Waals surface area contributed by atoms with E-state index in [9.17, 15) is 14.4 Å². The molecule has 0 aliphatic rings. The molecule has 0 saturated heterocycles. The molecule has 0 aromatic rings. The van der Waals surface area contributed by atoms with E-state index in [2.05, 4.69) is 24.4 Å². The van der Waals surface area contributed by atoms with Crippen molar-refractivity contribution < 1.29 is 126 Å². The molecule has 14 heteroatoms. The van der Waals surface area contributed by atoms with Crippen LogP contribution in [0, 0.1) is 0 Å². The summed E-state index contributed by atoms with van der Waals surface area (Å²) >= 11 is 0. The van der Waals surface area contributed by atoms with Gasteiger partial charge in [-0.15, -0.1) is 0 Å². The minimum absolute atomic E-state index is 0. The second-order valence-electron chi connectivity index (χ2n) is 1.01. The van der Waals surface area contributed by atoms with Crippen molar-refractivity contribution in [1.82, 2.24) is 0 Å². The van der Waals surface area contributed by atoms with Gasteiger partial charge >= 0.3 is 12.3 Å². The minimum Gasteiger partial charge on any atom is -0.494 e. The molecule has 0 unspecified atom stereocenters. The van der Waals surface area contributed by atoms with Gasteiger partial charge in [0.1, 0.15) is 0 Å². The zero-order valence-corrected chi connectivity index (χ0v) is 19.5. The van der Waals surface area contributed by atoms with Crippen molar-refractivity contribution in [2.75, 3.05) is 0 Å². The van der Waals surface area contributed by atoms with E-state index in [0.717, 1.165) is 0 Å². The van der Waals surface area contributed by atoms with Gasteiger partial charge in [0, 0.05) is 65.4 Å². The number of hydrogen-bond acceptors (Lipinski definition) is 9. The molecule has 0 aromatic carbocycles. The Morgan fingerprint density at radius 3 is 1.15 bits per heavy atom. The van der Waals surface area contributed by atoms with Gasteiger partial charge in [0.15, 0.2) is 0 Å². The van der Waals surface area contributed by atoms with Crippen LogP contribution in [0.3, 0.4) is 0 Å². The van der Waals surface area contributed by atoms with Gasteiger partial charge in [-0.05, 0) is 6.47 Å². The third-order valence-corrected chi connectivity index (χ3v) is 0.396. The van der Waals surface area contributed by atoms with Gasteiger partial charge in [-0.3, -0.25) is 4.89 Å². The summed E-state index contributed by atoms with van der Waals surface area (Å²) in [6.45, 7) is 12.7. The summed E-state index contributed by atoms with van der Waals surface area (Å²) in [6.07, 6.45) is -3.37. The van der Waals surface area contributed by atoms with E-state index in [1.807, 2.05) is 41.5 Å². The molecule has 0 amide bonds. The predicted molar refractivity (Wildman–Crippen MR) is 96.3 cm³/mol. The molecule has 12 nitrogen and oxygen atoms in total. The minimum atomic E-state index is -1.71. The molecule has 0 aliphatic carbocycles. The molecule has 0 rings (SSSR count). The molecule has 2 radical (unpaired) electrons. The quantitative estimate of drug-likeness (QED) is 0.295. The van der Waals surface area contributed by atoms with Crippen molar-refractivity contribution in [1.29, 1.82) is 0 Å². The Bertz CT molecular complexity index is 198. The van der Waals surface area contributed by atoms with Gasteiger partial charge in [-0.2, -0.15) is 24.6 Å². The van der Waals surface area contributed by atoms with E-state index in [1.54, 1.807) is 0 Å². The third-order valence-electron chi connectivity index (χ3n) is 0.396. The van der Waals surface area contributed by atoms with Crippen molar-refractivity contribution in [3.63, 3.8) is 0 Å². The second-order valence-corrected chi connectivity index (χ2v) is 1.01. The Morgan fingerprint density at radius 1 is 0.667 bits per heavy atom. The third kappa shape index (κ3) is 123. The zero-order chi connectivity index (χ0) is 15.4. The Hall–Kier alpha value is 0.0578. The Kier molecular flexibility index (Phi) is 387. The monoisotopic (exact) mass is 567 g/mol. The maximum Gasteiger partial charge on any atom is 0.589 e. The average Bonchev–Trinajstić information content (AvgIpc) is 2.48. The fourth-order valence-electron chi connectivity index (χ4n) is 0.148. The van der Waals surface area contributed by atoms with E-state index < -0.39 is 12.3 Å². The molecular weight excluding hydrogens is 526 g/mol. The maximum absolute atomic E-state index is 10.1. The zero-order valence-electron chi connectivity index (χ0n) is 13.9. The molecule has 27 heavy (non-hydrogen) atoms. The van der Waals surface area contributed by atoms with Crippen LogP contribution >= 0.6 is 0 Å². The van der Waals surface area contributed by atoms with Crippen LogP contribution in [0.1, 0.15) is 71.2 Å². The molecule has 0 saturated carbocycles. The summed E-state index contributed by atoms with van der Waals surface area (Å²) in [5, 5.41) is 7.52. The molecule has 0 bridgehead atoms. The first-order valence-electron chi connectivity index (χ1n) is 5.15. The summed E-state index contributed by atoms with van der Waals surface area (Å²) in [5.41, 5.74) is 0. The van der Waals surface area contributed by atoms with Crippen LogP contribution in [0.4, 0.5) is 9.59 Å². The van der Waals surface area contributed by atoms with Crippen molar-refractivity contribution in [2.45, 2.75) is 71.2 Å².